The smallest absolute Gasteiger partial charge is 0.340 e. The first-order valence-corrected chi connectivity index (χ1v) is 14.3. The first kappa shape index (κ1) is 23.7. The van der Waals surface area contributed by atoms with E-state index in [4.69, 9.17) is 17.0 Å². The maximum Gasteiger partial charge on any atom is 0.340 e. The summed E-state index contributed by atoms with van der Waals surface area (Å²) in [5, 5.41) is 6.98. The highest BCUT2D eigenvalue weighted by atomic mass is 32.2. The summed E-state index contributed by atoms with van der Waals surface area (Å²) in [5.41, 5.74) is 0.803. The van der Waals surface area contributed by atoms with E-state index >= 15 is 0 Å². The van der Waals surface area contributed by atoms with E-state index in [0.29, 0.717) is 39.1 Å². The van der Waals surface area contributed by atoms with Gasteiger partial charge in [0.1, 0.15) is 5.00 Å². The van der Waals surface area contributed by atoms with Crippen LogP contribution in [-0.2, 0) is 14.8 Å². The number of methoxy groups -OCH3 is 1. The number of nitrogens with one attached hydrogen (secondary N) is 3. The molecular formula is C24H29N3O4S3. The Hall–Kier alpha value is -2.01. The van der Waals surface area contributed by atoms with Crippen molar-refractivity contribution in [1.82, 2.24) is 4.72 Å². The number of carbonyl (C=O) groups excluding carboxylic acids is 1. The molecule has 182 valence electrons. The molecule has 0 unspecified atom stereocenters. The Morgan fingerprint density at radius 2 is 1.65 bits per heavy atom. The Balaban J connectivity index is 1.24. The van der Waals surface area contributed by atoms with Gasteiger partial charge in [0.05, 0.1) is 17.6 Å². The van der Waals surface area contributed by atoms with Crippen LogP contribution < -0.4 is 15.4 Å². The molecule has 4 aliphatic rings. The van der Waals surface area contributed by atoms with Gasteiger partial charge in [-0.2, -0.15) is 0 Å². The van der Waals surface area contributed by atoms with E-state index in [2.05, 4.69) is 15.4 Å². The predicted molar refractivity (Wildman–Crippen MR) is 138 cm³/mol. The molecule has 4 fully saturated rings. The Bertz CT molecular complexity index is 1190. The van der Waals surface area contributed by atoms with Gasteiger partial charge in [0.25, 0.3) is 0 Å². The number of ether oxygens (including phenoxy) is 1. The molecule has 0 aliphatic heterocycles. The lowest BCUT2D eigenvalue weighted by atomic mass is 9.53. The number of benzene rings is 1. The lowest BCUT2D eigenvalue weighted by Gasteiger charge is -2.56. The normalized spacial score (nSPS) is 27.4. The third-order valence-electron chi connectivity index (χ3n) is 7.30. The molecule has 0 radical (unpaired) electrons. The first-order valence-electron chi connectivity index (χ1n) is 11.6. The topological polar surface area (TPSA) is 96.5 Å². The average molecular weight is 520 g/mol. The van der Waals surface area contributed by atoms with Crippen LogP contribution in [-0.4, -0.2) is 32.1 Å². The average Bonchev–Trinajstić information content (AvgIpc) is 3.11. The van der Waals surface area contributed by atoms with Gasteiger partial charge in [0.15, 0.2) is 5.11 Å². The number of hydrogen-bond donors (Lipinski definition) is 3. The van der Waals surface area contributed by atoms with E-state index in [1.165, 1.54) is 37.7 Å². The van der Waals surface area contributed by atoms with Gasteiger partial charge in [0.2, 0.25) is 10.0 Å². The van der Waals surface area contributed by atoms with Gasteiger partial charge in [-0.05, 0) is 106 Å². The molecule has 1 aromatic heterocycles. The van der Waals surface area contributed by atoms with Crippen molar-refractivity contribution >= 4 is 55.3 Å². The van der Waals surface area contributed by atoms with Crippen LogP contribution in [0.25, 0.3) is 0 Å². The largest absolute Gasteiger partial charge is 0.465 e. The van der Waals surface area contributed by atoms with Crippen molar-refractivity contribution in [2.75, 3.05) is 17.7 Å². The minimum Gasteiger partial charge on any atom is -0.465 e. The molecule has 1 aromatic carbocycles. The third-order valence-corrected chi connectivity index (χ3v) is 10.1. The molecule has 0 spiro atoms. The lowest BCUT2D eigenvalue weighted by molar-refractivity contribution is -0.00810. The fourth-order valence-electron chi connectivity index (χ4n) is 6.43. The van der Waals surface area contributed by atoms with E-state index in [1.807, 2.05) is 6.92 Å². The van der Waals surface area contributed by atoms with Gasteiger partial charge in [-0.15, -0.1) is 11.3 Å². The van der Waals surface area contributed by atoms with Crippen LogP contribution in [0.1, 0.15) is 53.8 Å². The molecule has 0 atom stereocenters. The maximum absolute atomic E-state index is 13.2. The van der Waals surface area contributed by atoms with Gasteiger partial charge in [-0.1, -0.05) is 0 Å². The van der Waals surface area contributed by atoms with Crippen molar-refractivity contribution in [2.24, 2.45) is 17.8 Å². The number of esters is 1. The standard InChI is InChI=1S/C24H29N3O4S3/c1-14-7-20(22(28)31-2)21(33-14)26-23(32)25-18-3-5-19(6-4-18)34(29,30)27-24-11-15-8-16(12-24)10-17(9-15)13-24/h3-7,15-17,27H,8-13H2,1-2H3,(H2,25,26,32). The van der Waals surface area contributed by atoms with Crippen LogP contribution >= 0.6 is 23.6 Å². The number of sulfonamides is 1. The minimum absolute atomic E-state index is 0.259. The van der Waals surface area contributed by atoms with Crippen LogP contribution in [0.4, 0.5) is 10.7 Å². The zero-order chi connectivity index (χ0) is 24.1. The number of aryl methyl sites for hydroxylation is 1. The molecule has 10 heteroatoms. The molecule has 7 nitrogen and oxygen atoms in total. The summed E-state index contributed by atoms with van der Waals surface area (Å²) in [6, 6.07) is 8.34. The van der Waals surface area contributed by atoms with E-state index in [-0.39, 0.29) is 10.4 Å². The molecule has 3 N–H and O–H groups in total. The predicted octanol–water partition coefficient (Wildman–Crippen LogP) is 4.90. The van der Waals surface area contributed by atoms with E-state index < -0.39 is 16.0 Å². The maximum atomic E-state index is 13.2. The molecule has 4 bridgehead atoms. The zero-order valence-corrected chi connectivity index (χ0v) is 21.7. The second-order valence-corrected chi connectivity index (χ2v) is 13.3. The molecule has 34 heavy (non-hydrogen) atoms. The molecular weight excluding hydrogens is 490 g/mol. The number of anilines is 2. The van der Waals surface area contributed by atoms with Gasteiger partial charge in [-0.3, -0.25) is 0 Å². The monoisotopic (exact) mass is 519 g/mol. The first-order chi connectivity index (χ1) is 16.1. The molecule has 6 rings (SSSR count). The highest BCUT2D eigenvalue weighted by Crippen LogP contribution is 2.56. The van der Waals surface area contributed by atoms with E-state index in [0.717, 1.165) is 24.1 Å². The van der Waals surface area contributed by atoms with Crippen molar-refractivity contribution in [3.63, 3.8) is 0 Å². The van der Waals surface area contributed by atoms with Gasteiger partial charge in [-0.25, -0.2) is 17.9 Å². The highest BCUT2D eigenvalue weighted by molar-refractivity contribution is 7.89. The van der Waals surface area contributed by atoms with E-state index in [1.54, 1.807) is 30.3 Å². The number of thiocarbonyl (C=S) groups is 1. The van der Waals surface area contributed by atoms with Crippen LogP contribution in [0, 0.1) is 24.7 Å². The van der Waals surface area contributed by atoms with Crippen LogP contribution in [0.2, 0.25) is 0 Å². The Labute approximate surface area is 209 Å². The van der Waals surface area contributed by atoms with Crippen molar-refractivity contribution in [3.8, 4) is 0 Å². The SMILES string of the molecule is COC(=O)c1cc(C)sc1NC(=S)Nc1ccc(S(=O)(=O)NC23CC4CC(CC(C4)C2)C3)cc1. The summed E-state index contributed by atoms with van der Waals surface area (Å²) in [6.45, 7) is 1.90. The quantitative estimate of drug-likeness (QED) is 0.369. The molecule has 0 saturated heterocycles. The van der Waals surface area contributed by atoms with Gasteiger partial charge in [0, 0.05) is 16.1 Å². The Kier molecular flexibility index (Phi) is 6.20. The zero-order valence-electron chi connectivity index (χ0n) is 19.2. The summed E-state index contributed by atoms with van der Waals surface area (Å²) < 4.78 is 34.4. The van der Waals surface area contributed by atoms with Gasteiger partial charge < -0.3 is 15.4 Å². The van der Waals surface area contributed by atoms with Crippen LogP contribution in [0.3, 0.4) is 0 Å². The molecule has 4 aliphatic carbocycles. The van der Waals surface area contributed by atoms with E-state index in [9.17, 15) is 13.2 Å². The van der Waals surface area contributed by atoms with Crippen LogP contribution in [0.5, 0.6) is 0 Å². The number of carbonyl (C=O) groups is 1. The fourth-order valence-corrected chi connectivity index (χ4v) is 9.05. The Morgan fingerprint density at radius 1 is 1.06 bits per heavy atom. The molecule has 1 heterocycles. The second kappa shape index (κ2) is 8.89. The lowest BCUT2D eigenvalue weighted by Crippen LogP contribution is -2.59. The summed E-state index contributed by atoms with van der Waals surface area (Å²) in [4.78, 5) is 13.2. The fraction of sp³-hybridized carbons (Fsp3) is 0.500. The molecule has 2 aromatic rings. The van der Waals surface area contributed by atoms with Crippen molar-refractivity contribution in [3.05, 3.63) is 40.8 Å². The van der Waals surface area contributed by atoms with Crippen molar-refractivity contribution < 1.29 is 17.9 Å². The highest BCUT2D eigenvalue weighted by Gasteiger charge is 2.52. The van der Waals surface area contributed by atoms with Crippen molar-refractivity contribution in [1.29, 1.82) is 0 Å². The third kappa shape index (κ3) is 4.73. The summed E-state index contributed by atoms with van der Waals surface area (Å²) in [5.74, 6) is 1.57. The molecule has 4 saturated carbocycles. The number of hydrogen-bond acceptors (Lipinski definition) is 6. The Morgan fingerprint density at radius 3 is 2.21 bits per heavy atom. The second-order valence-electron chi connectivity index (χ2n) is 10.00. The minimum atomic E-state index is -3.61. The molecule has 0 amide bonds. The number of rotatable bonds is 6. The number of thiophene rings is 1. The van der Waals surface area contributed by atoms with Gasteiger partial charge >= 0.3 is 5.97 Å². The summed E-state index contributed by atoms with van der Waals surface area (Å²) in [7, 11) is -2.27. The van der Waals surface area contributed by atoms with Crippen LogP contribution in [0.15, 0.2) is 35.2 Å². The van der Waals surface area contributed by atoms with Crippen molar-refractivity contribution in [2.45, 2.75) is 55.9 Å². The summed E-state index contributed by atoms with van der Waals surface area (Å²) in [6.07, 6.45) is 6.69. The summed E-state index contributed by atoms with van der Waals surface area (Å²) >= 11 is 6.79.